The van der Waals surface area contributed by atoms with Gasteiger partial charge in [0.15, 0.2) is 0 Å². The molecule has 0 radical (unpaired) electrons. The van der Waals surface area contributed by atoms with E-state index in [0.29, 0.717) is 17.7 Å². The number of rotatable bonds is 3. The van der Waals surface area contributed by atoms with Crippen LogP contribution < -0.4 is 16.4 Å². The maximum atomic E-state index is 12.5. The predicted molar refractivity (Wildman–Crippen MR) is 102 cm³/mol. The van der Waals surface area contributed by atoms with Crippen molar-refractivity contribution in [1.29, 1.82) is 0 Å². The third kappa shape index (κ3) is 4.12. The molecule has 2 amide bonds. The van der Waals surface area contributed by atoms with Crippen LogP contribution in [0.5, 0.6) is 0 Å². The number of benzene rings is 2. The van der Waals surface area contributed by atoms with Gasteiger partial charge in [-0.1, -0.05) is 18.2 Å². The van der Waals surface area contributed by atoms with Gasteiger partial charge in [0, 0.05) is 23.4 Å². The Bertz CT molecular complexity index is 820. The van der Waals surface area contributed by atoms with Crippen molar-refractivity contribution in [1.82, 2.24) is 5.32 Å². The lowest BCUT2D eigenvalue weighted by molar-refractivity contribution is -0.116. The summed E-state index contributed by atoms with van der Waals surface area (Å²) >= 11 is 0. The smallest absolute Gasteiger partial charge is 0.252 e. The molecule has 0 aromatic heterocycles. The summed E-state index contributed by atoms with van der Waals surface area (Å²) in [5.41, 5.74) is 10.8. The number of halogens is 1. The quantitative estimate of drug-likeness (QED) is 0.734. The Morgan fingerprint density at radius 3 is 2.72 bits per heavy atom. The molecule has 0 saturated heterocycles. The summed E-state index contributed by atoms with van der Waals surface area (Å²) in [5, 5.41) is 5.88. The molecule has 132 valence electrons. The van der Waals surface area contributed by atoms with Crippen molar-refractivity contribution in [3.63, 3.8) is 0 Å². The number of aryl methyl sites for hydroxylation is 2. The van der Waals surface area contributed by atoms with Crippen LogP contribution >= 0.6 is 12.4 Å². The molecule has 1 aliphatic rings. The fraction of sp³-hybridized carbons (Fsp3) is 0.263. The molecule has 1 atom stereocenters. The molecule has 0 bridgehead atoms. The van der Waals surface area contributed by atoms with Gasteiger partial charge in [0.1, 0.15) is 0 Å². The average Bonchev–Trinajstić information content (AvgIpc) is 2.56. The fourth-order valence-electron chi connectivity index (χ4n) is 2.91. The monoisotopic (exact) mass is 359 g/mol. The first-order valence-corrected chi connectivity index (χ1v) is 8.03. The third-order valence-electron chi connectivity index (χ3n) is 4.38. The molecule has 3 rings (SSSR count). The van der Waals surface area contributed by atoms with Crippen molar-refractivity contribution < 1.29 is 9.59 Å². The fourth-order valence-corrected chi connectivity index (χ4v) is 2.91. The van der Waals surface area contributed by atoms with Gasteiger partial charge in [0.2, 0.25) is 5.91 Å². The van der Waals surface area contributed by atoms with E-state index in [0.717, 1.165) is 28.8 Å². The van der Waals surface area contributed by atoms with Gasteiger partial charge in [0.05, 0.1) is 6.04 Å². The molecule has 1 heterocycles. The zero-order valence-corrected chi connectivity index (χ0v) is 15.1. The number of nitrogens with two attached hydrogens (primary N) is 1. The first kappa shape index (κ1) is 18.8. The first-order valence-electron chi connectivity index (χ1n) is 8.03. The van der Waals surface area contributed by atoms with Crippen LogP contribution in [0.4, 0.5) is 11.4 Å². The Kier molecular flexibility index (Phi) is 5.69. The summed E-state index contributed by atoms with van der Waals surface area (Å²) in [6, 6.07) is 11.1. The summed E-state index contributed by atoms with van der Waals surface area (Å²) in [7, 11) is 0. The first-order chi connectivity index (χ1) is 11.4. The minimum Gasteiger partial charge on any atom is -0.399 e. The van der Waals surface area contributed by atoms with Gasteiger partial charge >= 0.3 is 0 Å². The number of amides is 2. The van der Waals surface area contributed by atoms with Crippen LogP contribution in [0.1, 0.15) is 46.4 Å². The van der Waals surface area contributed by atoms with Crippen LogP contribution in [0, 0.1) is 6.92 Å². The van der Waals surface area contributed by atoms with Crippen LogP contribution in [0.15, 0.2) is 36.4 Å². The van der Waals surface area contributed by atoms with Gasteiger partial charge in [-0.2, -0.15) is 0 Å². The van der Waals surface area contributed by atoms with Crippen LogP contribution in [0.25, 0.3) is 0 Å². The highest BCUT2D eigenvalue weighted by molar-refractivity contribution is 5.97. The van der Waals surface area contributed by atoms with Gasteiger partial charge in [0.25, 0.3) is 5.91 Å². The second-order valence-electron chi connectivity index (χ2n) is 6.23. The summed E-state index contributed by atoms with van der Waals surface area (Å²) in [4.78, 5) is 23.9. The second-order valence-corrected chi connectivity index (χ2v) is 6.23. The highest BCUT2D eigenvalue weighted by atomic mass is 35.5. The molecule has 0 saturated carbocycles. The Morgan fingerprint density at radius 1 is 1.20 bits per heavy atom. The largest absolute Gasteiger partial charge is 0.399 e. The van der Waals surface area contributed by atoms with E-state index in [-0.39, 0.29) is 30.3 Å². The minimum atomic E-state index is -0.140. The number of hydrogen-bond acceptors (Lipinski definition) is 3. The van der Waals surface area contributed by atoms with Gasteiger partial charge in [-0.15, -0.1) is 12.4 Å². The minimum absolute atomic E-state index is 0. The van der Waals surface area contributed by atoms with E-state index in [1.54, 1.807) is 12.1 Å². The number of carbonyl (C=O) groups excluding carboxylic acids is 2. The van der Waals surface area contributed by atoms with Gasteiger partial charge < -0.3 is 16.4 Å². The summed E-state index contributed by atoms with van der Waals surface area (Å²) < 4.78 is 0. The molecule has 4 N–H and O–H groups in total. The lowest BCUT2D eigenvalue weighted by Gasteiger charge is -2.21. The predicted octanol–water partition coefficient (Wildman–Crippen LogP) is 3.37. The summed E-state index contributed by atoms with van der Waals surface area (Å²) in [6.07, 6.45) is 1.23. The number of nitrogens with one attached hydrogen (secondary N) is 2. The Labute approximate surface area is 153 Å². The Hall–Kier alpha value is -2.53. The molecule has 0 spiro atoms. The number of anilines is 2. The average molecular weight is 360 g/mol. The molecule has 0 fully saturated rings. The maximum absolute atomic E-state index is 12.5. The van der Waals surface area contributed by atoms with E-state index >= 15 is 0 Å². The molecule has 1 aliphatic heterocycles. The number of carbonyl (C=O) groups is 2. The van der Waals surface area contributed by atoms with E-state index in [4.69, 9.17) is 5.73 Å². The Morgan fingerprint density at radius 2 is 1.96 bits per heavy atom. The highest BCUT2D eigenvalue weighted by Crippen LogP contribution is 2.26. The zero-order valence-electron chi connectivity index (χ0n) is 14.3. The molecular formula is C19H22ClN3O2. The lowest BCUT2D eigenvalue weighted by atomic mass is 9.97. The molecular weight excluding hydrogens is 338 g/mol. The molecule has 25 heavy (non-hydrogen) atoms. The van der Waals surface area contributed by atoms with Crippen molar-refractivity contribution in [2.45, 2.75) is 32.7 Å². The molecule has 2 aromatic carbocycles. The van der Waals surface area contributed by atoms with Gasteiger partial charge in [-0.25, -0.2) is 0 Å². The second kappa shape index (κ2) is 7.57. The van der Waals surface area contributed by atoms with Crippen LogP contribution in [-0.4, -0.2) is 11.8 Å². The van der Waals surface area contributed by atoms with E-state index < -0.39 is 0 Å². The van der Waals surface area contributed by atoms with Crippen LogP contribution in [0.2, 0.25) is 0 Å². The normalized spacial score (nSPS) is 13.9. The molecule has 0 aliphatic carbocycles. The van der Waals surface area contributed by atoms with Crippen molar-refractivity contribution in [2.75, 3.05) is 11.1 Å². The van der Waals surface area contributed by atoms with Gasteiger partial charge in [-0.3, -0.25) is 9.59 Å². The number of hydrogen-bond donors (Lipinski definition) is 3. The number of nitrogen functional groups attached to an aromatic ring is 1. The van der Waals surface area contributed by atoms with Gasteiger partial charge in [-0.05, 0) is 55.2 Å². The van der Waals surface area contributed by atoms with Crippen LogP contribution in [-0.2, 0) is 11.2 Å². The lowest BCUT2D eigenvalue weighted by Crippen LogP contribution is -2.27. The van der Waals surface area contributed by atoms with Crippen molar-refractivity contribution in [3.05, 3.63) is 58.7 Å². The standard InChI is InChI=1S/C19H21N3O2.ClH/c1-11-3-6-15(20)10-16(11)19(24)21-12(2)13-4-7-17-14(9-13)5-8-18(23)22-17;/h3-4,6-7,9-10,12H,5,8,20H2,1-2H3,(H,21,24)(H,22,23);1H. The topological polar surface area (TPSA) is 84.2 Å². The maximum Gasteiger partial charge on any atom is 0.252 e. The van der Waals surface area contributed by atoms with Crippen molar-refractivity contribution in [2.24, 2.45) is 0 Å². The van der Waals surface area contributed by atoms with Crippen molar-refractivity contribution >= 4 is 35.6 Å². The summed E-state index contributed by atoms with van der Waals surface area (Å²) in [6.45, 7) is 3.84. The third-order valence-corrected chi connectivity index (χ3v) is 4.38. The molecule has 1 unspecified atom stereocenters. The Balaban J connectivity index is 0.00000225. The van der Waals surface area contributed by atoms with E-state index in [2.05, 4.69) is 10.6 Å². The number of fused-ring (bicyclic) bond motifs is 1. The molecule has 5 nitrogen and oxygen atoms in total. The SMILES string of the molecule is Cc1ccc(N)cc1C(=O)NC(C)c1ccc2c(c1)CCC(=O)N2.Cl. The van der Waals surface area contributed by atoms with Crippen LogP contribution in [0.3, 0.4) is 0 Å². The van der Waals surface area contributed by atoms with E-state index in [1.165, 1.54) is 0 Å². The zero-order chi connectivity index (χ0) is 17.3. The summed E-state index contributed by atoms with van der Waals surface area (Å²) in [5.74, 6) is -0.0907. The van der Waals surface area contributed by atoms with E-state index in [9.17, 15) is 9.59 Å². The molecule has 2 aromatic rings. The molecule has 6 heteroatoms. The van der Waals surface area contributed by atoms with Crippen molar-refractivity contribution in [3.8, 4) is 0 Å². The highest BCUT2D eigenvalue weighted by Gasteiger charge is 2.18. The van der Waals surface area contributed by atoms with E-state index in [1.807, 2.05) is 38.1 Å².